The normalized spacial score (nSPS) is 10.1. The van der Waals surface area contributed by atoms with E-state index < -0.39 is 29.7 Å². The average molecular weight is 306 g/mol. The number of pyridine rings is 1. The van der Waals surface area contributed by atoms with E-state index in [0.717, 1.165) is 12.1 Å². The van der Waals surface area contributed by atoms with Crippen molar-refractivity contribution in [3.8, 4) is 5.88 Å². The second-order valence-corrected chi connectivity index (χ2v) is 4.37. The summed E-state index contributed by atoms with van der Waals surface area (Å²) in [5.41, 5.74) is -0.203. The van der Waals surface area contributed by atoms with Gasteiger partial charge >= 0.3 is 0 Å². The van der Waals surface area contributed by atoms with E-state index in [1.165, 1.54) is 13.2 Å². The van der Waals surface area contributed by atoms with Crippen LogP contribution < -0.4 is 10.1 Å². The van der Waals surface area contributed by atoms with Gasteiger partial charge in [-0.25, -0.2) is 8.78 Å². The molecule has 0 atom stereocenters. The molecule has 0 unspecified atom stereocenters. The number of aromatic nitrogens is 1. The van der Waals surface area contributed by atoms with Crippen LogP contribution in [0.1, 0.15) is 16.8 Å². The maximum Gasteiger partial charge on any atom is 0.233 e. The highest BCUT2D eigenvalue weighted by molar-refractivity contribution is 6.10. The molecule has 1 aromatic heterocycles. The summed E-state index contributed by atoms with van der Waals surface area (Å²) in [6.07, 6.45) is -0.554. The predicted molar refractivity (Wildman–Crippen MR) is 74.7 cm³/mol. The van der Waals surface area contributed by atoms with Crippen molar-refractivity contribution in [3.05, 3.63) is 53.6 Å². The fraction of sp³-hybridized carbons (Fsp3) is 0.133. The number of carbonyl (C=O) groups excluding carboxylic acids is 2. The van der Waals surface area contributed by atoms with Crippen molar-refractivity contribution >= 4 is 17.5 Å². The number of hydrogen-bond acceptors (Lipinski definition) is 4. The van der Waals surface area contributed by atoms with E-state index in [9.17, 15) is 18.4 Å². The van der Waals surface area contributed by atoms with Crippen LogP contribution >= 0.6 is 0 Å². The van der Waals surface area contributed by atoms with Crippen molar-refractivity contribution in [2.24, 2.45) is 0 Å². The molecule has 2 rings (SSSR count). The van der Waals surface area contributed by atoms with Gasteiger partial charge in [-0.3, -0.25) is 9.59 Å². The highest BCUT2D eigenvalue weighted by Crippen LogP contribution is 2.13. The molecule has 1 heterocycles. The van der Waals surface area contributed by atoms with E-state index in [2.05, 4.69) is 10.3 Å². The molecule has 7 heteroatoms. The van der Waals surface area contributed by atoms with E-state index in [1.54, 1.807) is 12.1 Å². The van der Waals surface area contributed by atoms with Crippen LogP contribution in [0.4, 0.5) is 14.6 Å². The molecule has 0 aliphatic heterocycles. The Balaban J connectivity index is 2.03. The number of benzene rings is 1. The number of rotatable bonds is 5. The lowest BCUT2D eigenvalue weighted by Crippen LogP contribution is -2.17. The predicted octanol–water partition coefficient (Wildman–Crippen LogP) is 2.58. The van der Waals surface area contributed by atoms with Gasteiger partial charge in [0.15, 0.2) is 5.78 Å². The minimum atomic E-state index is -0.877. The maximum absolute atomic E-state index is 13.0. The Bertz CT molecular complexity index is 699. The van der Waals surface area contributed by atoms with Gasteiger partial charge in [-0.15, -0.1) is 0 Å². The summed E-state index contributed by atoms with van der Waals surface area (Å²) < 4.78 is 31.0. The highest BCUT2D eigenvalue weighted by atomic mass is 19.1. The molecule has 2 aromatic rings. The minimum absolute atomic E-state index is 0.203. The Morgan fingerprint density at radius 1 is 1.18 bits per heavy atom. The largest absolute Gasteiger partial charge is 0.481 e. The third kappa shape index (κ3) is 4.08. The summed E-state index contributed by atoms with van der Waals surface area (Å²) in [6, 6.07) is 7.14. The summed E-state index contributed by atoms with van der Waals surface area (Å²) in [7, 11) is 1.43. The quantitative estimate of drug-likeness (QED) is 0.681. The molecule has 0 radical (unpaired) electrons. The standard InChI is InChI=1S/C15H12F2N2O3/c1-22-15-4-2-3-13(19-15)18-14(21)8-12(20)9-5-10(16)7-11(17)6-9/h2-7H,8H2,1H3,(H,18,19,21). The van der Waals surface area contributed by atoms with Crippen LogP contribution in [-0.4, -0.2) is 23.8 Å². The Labute approximate surface area is 124 Å². The zero-order valence-electron chi connectivity index (χ0n) is 11.6. The molecular formula is C15H12F2N2O3. The second-order valence-electron chi connectivity index (χ2n) is 4.37. The van der Waals surface area contributed by atoms with Crippen molar-refractivity contribution in [2.45, 2.75) is 6.42 Å². The number of ketones is 1. The number of methoxy groups -OCH3 is 1. The molecule has 0 aliphatic rings. The van der Waals surface area contributed by atoms with Gasteiger partial charge in [0.05, 0.1) is 13.5 Å². The molecule has 1 amide bonds. The number of carbonyl (C=O) groups is 2. The number of ether oxygens (including phenoxy) is 1. The second kappa shape index (κ2) is 6.75. The number of halogens is 2. The lowest BCUT2D eigenvalue weighted by atomic mass is 10.1. The van der Waals surface area contributed by atoms with Gasteiger partial charge in [0.25, 0.3) is 0 Å². The summed E-state index contributed by atoms with van der Waals surface area (Å²) in [6.45, 7) is 0. The van der Waals surface area contributed by atoms with Crippen molar-refractivity contribution in [3.63, 3.8) is 0 Å². The molecule has 0 saturated carbocycles. The van der Waals surface area contributed by atoms with E-state index in [-0.39, 0.29) is 11.4 Å². The fourth-order valence-electron chi connectivity index (χ4n) is 1.75. The Morgan fingerprint density at radius 3 is 2.50 bits per heavy atom. The molecule has 0 aliphatic carbocycles. The lowest BCUT2D eigenvalue weighted by molar-refractivity contribution is -0.115. The SMILES string of the molecule is COc1cccc(NC(=O)CC(=O)c2cc(F)cc(F)c2)n1. The Morgan fingerprint density at radius 2 is 1.86 bits per heavy atom. The van der Waals surface area contributed by atoms with Gasteiger partial charge in [0, 0.05) is 17.7 Å². The number of nitrogens with zero attached hydrogens (tertiary/aromatic N) is 1. The van der Waals surface area contributed by atoms with E-state index >= 15 is 0 Å². The molecule has 0 fully saturated rings. The molecule has 0 bridgehead atoms. The zero-order chi connectivity index (χ0) is 16.1. The lowest BCUT2D eigenvalue weighted by Gasteiger charge is -2.06. The van der Waals surface area contributed by atoms with Crippen LogP contribution in [0, 0.1) is 11.6 Å². The third-order valence-electron chi connectivity index (χ3n) is 2.71. The van der Waals surface area contributed by atoms with E-state index in [1.807, 2.05) is 0 Å². The van der Waals surface area contributed by atoms with Crippen molar-refractivity contribution in [2.75, 3.05) is 12.4 Å². The van der Waals surface area contributed by atoms with Gasteiger partial charge in [0.1, 0.15) is 17.5 Å². The van der Waals surface area contributed by atoms with Crippen LogP contribution in [0.2, 0.25) is 0 Å². The molecule has 114 valence electrons. The zero-order valence-corrected chi connectivity index (χ0v) is 11.6. The Hall–Kier alpha value is -2.83. The van der Waals surface area contributed by atoms with Gasteiger partial charge in [-0.2, -0.15) is 4.98 Å². The number of anilines is 1. The number of nitrogens with one attached hydrogen (secondary N) is 1. The fourth-order valence-corrected chi connectivity index (χ4v) is 1.75. The smallest absolute Gasteiger partial charge is 0.233 e. The van der Waals surface area contributed by atoms with Crippen LogP contribution in [0.15, 0.2) is 36.4 Å². The van der Waals surface area contributed by atoms with Gasteiger partial charge in [0.2, 0.25) is 11.8 Å². The summed E-state index contributed by atoms with van der Waals surface area (Å²) >= 11 is 0. The summed E-state index contributed by atoms with van der Waals surface area (Å²) in [5, 5.41) is 2.41. The molecular weight excluding hydrogens is 294 g/mol. The molecule has 5 nitrogen and oxygen atoms in total. The molecule has 0 spiro atoms. The molecule has 1 N–H and O–H groups in total. The topological polar surface area (TPSA) is 68.3 Å². The summed E-state index contributed by atoms with van der Waals surface area (Å²) in [4.78, 5) is 27.6. The first-order chi connectivity index (χ1) is 10.5. The Kier molecular flexibility index (Phi) is 4.77. The van der Waals surface area contributed by atoms with Crippen LogP contribution in [-0.2, 0) is 4.79 Å². The first-order valence-corrected chi connectivity index (χ1v) is 6.28. The van der Waals surface area contributed by atoms with E-state index in [4.69, 9.17) is 4.74 Å². The van der Waals surface area contributed by atoms with Gasteiger partial charge in [-0.1, -0.05) is 6.07 Å². The summed E-state index contributed by atoms with van der Waals surface area (Å²) in [5.74, 6) is -2.58. The average Bonchev–Trinajstić information content (AvgIpc) is 2.46. The first kappa shape index (κ1) is 15.6. The van der Waals surface area contributed by atoms with Gasteiger partial charge in [-0.05, 0) is 18.2 Å². The monoisotopic (exact) mass is 306 g/mol. The number of Topliss-reactive ketones (excluding diaryl/α,β-unsaturated/α-hetero) is 1. The number of amides is 1. The minimum Gasteiger partial charge on any atom is -0.481 e. The van der Waals surface area contributed by atoms with Crippen LogP contribution in [0.3, 0.4) is 0 Å². The third-order valence-corrected chi connectivity index (χ3v) is 2.71. The molecule has 22 heavy (non-hydrogen) atoms. The van der Waals surface area contributed by atoms with Gasteiger partial charge < -0.3 is 10.1 Å². The highest BCUT2D eigenvalue weighted by Gasteiger charge is 2.14. The van der Waals surface area contributed by atoms with Crippen molar-refractivity contribution < 1.29 is 23.1 Å². The number of hydrogen-bond donors (Lipinski definition) is 1. The van der Waals surface area contributed by atoms with Crippen LogP contribution in [0.5, 0.6) is 5.88 Å². The van der Waals surface area contributed by atoms with Crippen molar-refractivity contribution in [1.82, 2.24) is 4.98 Å². The maximum atomic E-state index is 13.0. The molecule has 1 aromatic carbocycles. The van der Waals surface area contributed by atoms with Crippen LogP contribution in [0.25, 0.3) is 0 Å². The first-order valence-electron chi connectivity index (χ1n) is 6.28. The molecule has 0 saturated heterocycles. The van der Waals surface area contributed by atoms with Crippen molar-refractivity contribution in [1.29, 1.82) is 0 Å². The van der Waals surface area contributed by atoms with E-state index in [0.29, 0.717) is 11.9 Å².